The van der Waals surface area contributed by atoms with Gasteiger partial charge in [-0.05, 0) is 97.7 Å². The number of halogens is 2. The van der Waals surface area contributed by atoms with Crippen LogP contribution in [0.2, 0.25) is 0 Å². The van der Waals surface area contributed by atoms with Crippen LogP contribution in [0.5, 0.6) is 0 Å². The minimum atomic E-state index is 0.0521. The SMILES string of the molecule is COC1C[C@H]2[C@@H]3CC[C@H]([C@H](C)CCCC(C)C)[C@@]3(C)CC[C@@H]2[C@@]2(C)CCC(Cl)CC12Br. The Balaban J connectivity index is 1.55. The second-order valence-corrected chi connectivity index (χ2v) is 15.0. The zero-order chi connectivity index (χ0) is 22.6. The highest BCUT2D eigenvalue weighted by molar-refractivity contribution is 9.10. The highest BCUT2D eigenvalue weighted by Gasteiger charge is 2.67. The molecular weight excluding hydrogens is 468 g/mol. The van der Waals surface area contributed by atoms with Gasteiger partial charge in [0.25, 0.3) is 0 Å². The van der Waals surface area contributed by atoms with Crippen LogP contribution in [-0.2, 0) is 4.74 Å². The summed E-state index contributed by atoms with van der Waals surface area (Å²) in [4.78, 5) is 0. The first-order valence-electron chi connectivity index (χ1n) is 13.4. The van der Waals surface area contributed by atoms with E-state index in [0.717, 1.165) is 41.9 Å². The van der Waals surface area contributed by atoms with Gasteiger partial charge in [0.15, 0.2) is 0 Å². The molecule has 0 amide bonds. The summed E-state index contributed by atoms with van der Waals surface area (Å²) in [7, 11) is 1.95. The van der Waals surface area contributed by atoms with E-state index >= 15 is 0 Å². The Bertz CT molecular complexity index is 639. The van der Waals surface area contributed by atoms with Gasteiger partial charge >= 0.3 is 0 Å². The van der Waals surface area contributed by atoms with Crippen LogP contribution in [0.4, 0.5) is 0 Å². The van der Waals surface area contributed by atoms with E-state index in [-0.39, 0.29) is 9.70 Å². The Morgan fingerprint density at radius 3 is 2.42 bits per heavy atom. The molecule has 4 rings (SSSR count). The molecule has 4 fully saturated rings. The molecule has 10 atom stereocenters. The Labute approximate surface area is 206 Å². The van der Waals surface area contributed by atoms with Crippen molar-refractivity contribution in [3.8, 4) is 0 Å². The summed E-state index contributed by atoms with van der Waals surface area (Å²) in [5, 5.41) is 0.290. The highest BCUT2D eigenvalue weighted by Crippen LogP contribution is 2.71. The normalized spacial score (nSPS) is 50.6. The average molecular weight is 516 g/mol. The van der Waals surface area contributed by atoms with E-state index in [0.29, 0.717) is 16.9 Å². The van der Waals surface area contributed by atoms with Crippen molar-refractivity contribution >= 4 is 27.5 Å². The molecule has 3 heteroatoms. The Kier molecular flexibility index (Phi) is 7.27. The quantitative estimate of drug-likeness (QED) is 0.321. The summed E-state index contributed by atoms with van der Waals surface area (Å²) < 4.78 is 6.30. The van der Waals surface area contributed by atoms with E-state index in [2.05, 4.69) is 50.5 Å². The average Bonchev–Trinajstić information content (AvgIpc) is 3.05. The highest BCUT2D eigenvalue weighted by atomic mass is 79.9. The van der Waals surface area contributed by atoms with E-state index < -0.39 is 0 Å². The first-order chi connectivity index (χ1) is 14.6. The van der Waals surface area contributed by atoms with Gasteiger partial charge in [-0.3, -0.25) is 0 Å². The minimum absolute atomic E-state index is 0.0521. The van der Waals surface area contributed by atoms with E-state index in [4.69, 9.17) is 16.3 Å². The van der Waals surface area contributed by atoms with Crippen LogP contribution in [0.15, 0.2) is 0 Å². The van der Waals surface area contributed by atoms with Gasteiger partial charge in [0, 0.05) is 12.5 Å². The maximum atomic E-state index is 6.73. The topological polar surface area (TPSA) is 9.23 Å². The molecule has 4 saturated carbocycles. The molecular formula is C28H48BrClO. The van der Waals surface area contributed by atoms with Crippen molar-refractivity contribution in [2.24, 2.45) is 46.3 Å². The van der Waals surface area contributed by atoms with Crippen molar-refractivity contribution in [1.82, 2.24) is 0 Å². The third-order valence-corrected chi connectivity index (χ3v) is 13.3. The Hall–Kier alpha value is 0.730. The third-order valence-electron chi connectivity index (χ3n) is 11.2. The fraction of sp³-hybridized carbons (Fsp3) is 1.00. The molecule has 1 nitrogen and oxygen atoms in total. The van der Waals surface area contributed by atoms with Crippen LogP contribution in [-0.4, -0.2) is 22.9 Å². The van der Waals surface area contributed by atoms with Crippen molar-refractivity contribution in [1.29, 1.82) is 0 Å². The second-order valence-electron chi connectivity index (χ2n) is 13.0. The third kappa shape index (κ3) is 3.99. The fourth-order valence-corrected chi connectivity index (χ4v) is 11.3. The molecule has 0 heterocycles. The van der Waals surface area contributed by atoms with Crippen molar-refractivity contribution in [2.45, 2.75) is 121 Å². The predicted octanol–water partition coefficient (Wildman–Crippen LogP) is 8.86. The number of methoxy groups -OCH3 is 1. The maximum Gasteiger partial charge on any atom is 0.0733 e. The summed E-state index contributed by atoms with van der Waals surface area (Å²) in [6, 6.07) is 0. The molecule has 0 N–H and O–H groups in total. The first kappa shape index (κ1) is 24.8. The maximum absolute atomic E-state index is 6.73. The predicted molar refractivity (Wildman–Crippen MR) is 137 cm³/mol. The van der Waals surface area contributed by atoms with Crippen molar-refractivity contribution in [3.63, 3.8) is 0 Å². The molecule has 0 radical (unpaired) electrons. The second kappa shape index (κ2) is 9.07. The lowest BCUT2D eigenvalue weighted by atomic mass is 9.43. The molecule has 0 aliphatic heterocycles. The van der Waals surface area contributed by atoms with E-state index in [9.17, 15) is 0 Å². The number of alkyl halides is 2. The van der Waals surface area contributed by atoms with E-state index in [1.54, 1.807) is 0 Å². The number of hydrogen-bond acceptors (Lipinski definition) is 1. The monoisotopic (exact) mass is 514 g/mol. The number of ether oxygens (including phenoxy) is 1. The Morgan fingerprint density at radius 1 is 1.00 bits per heavy atom. The Morgan fingerprint density at radius 2 is 1.74 bits per heavy atom. The van der Waals surface area contributed by atoms with Gasteiger partial charge in [0.1, 0.15) is 0 Å². The molecule has 0 spiro atoms. The summed E-state index contributed by atoms with van der Waals surface area (Å²) in [5.41, 5.74) is 0.855. The van der Waals surface area contributed by atoms with Crippen LogP contribution in [0.3, 0.4) is 0 Å². The first-order valence-corrected chi connectivity index (χ1v) is 14.7. The van der Waals surface area contributed by atoms with Crippen LogP contribution in [0.1, 0.15) is 105 Å². The van der Waals surface area contributed by atoms with Gasteiger partial charge in [-0.15, -0.1) is 11.6 Å². The summed E-state index contributed by atoms with van der Waals surface area (Å²) >= 11 is 11.0. The molecule has 180 valence electrons. The largest absolute Gasteiger partial charge is 0.380 e. The van der Waals surface area contributed by atoms with Gasteiger partial charge in [-0.2, -0.15) is 0 Å². The molecule has 4 aliphatic rings. The van der Waals surface area contributed by atoms with Crippen molar-refractivity contribution < 1.29 is 4.74 Å². The molecule has 31 heavy (non-hydrogen) atoms. The number of fused-ring (bicyclic) bond motifs is 5. The molecule has 0 bridgehead atoms. The smallest absolute Gasteiger partial charge is 0.0733 e. The molecule has 0 aromatic carbocycles. The summed E-state index contributed by atoms with van der Waals surface area (Å²) in [5.74, 6) is 5.20. The number of hydrogen-bond donors (Lipinski definition) is 0. The minimum Gasteiger partial charge on any atom is -0.380 e. The molecule has 0 aromatic rings. The lowest BCUT2D eigenvalue weighted by Crippen LogP contribution is -2.65. The van der Waals surface area contributed by atoms with Gasteiger partial charge in [0.2, 0.25) is 0 Å². The van der Waals surface area contributed by atoms with E-state index in [1.807, 2.05) is 7.11 Å². The van der Waals surface area contributed by atoms with E-state index in [1.165, 1.54) is 64.2 Å². The van der Waals surface area contributed by atoms with Crippen LogP contribution < -0.4 is 0 Å². The van der Waals surface area contributed by atoms with Crippen molar-refractivity contribution in [3.05, 3.63) is 0 Å². The lowest BCUT2D eigenvalue weighted by Gasteiger charge is -2.66. The van der Waals surface area contributed by atoms with Gasteiger partial charge in [0.05, 0.1) is 10.4 Å². The molecule has 4 aliphatic carbocycles. The molecule has 3 unspecified atom stereocenters. The fourth-order valence-electron chi connectivity index (χ4n) is 9.46. The summed E-state index contributed by atoms with van der Waals surface area (Å²) in [6.45, 7) is 12.6. The van der Waals surface area contributed by atoms with Gasteiger partial charge in [-0.25, -0.2) is 0 Å². The summed E-state index contributed by atoms with van der Waals surface area (Å²) in [6.07, 6.45) is 15.0. The van der Waals surface area contributed by atoms with Gasteiger partial charge in [-0.1, -0.05) is 69.8 Å². The number of rotatable bonds is 6. The van der Waals surface area contributed by atoms with Gasteiger partial charge < -0.3 is 4.74 Å². The zero-order valence-electron chi connectivity index (χ0n) is 21.1. The van der Waals surface area contributed by atoms with Crippen LogP contribution in [0.25, 0.3) is 0 Å². The molecule has 0 aromatic heterocycles. The van der Waals surface area contributed by atoms with Crippen LogP contribution >= 0.6 is 27.5 Å². The lowest BCUT2D eigenvalue weighted by molar-refractivity contribution is -0.149. The standard InChI is InChI=1S/C28H48BrClO/c1-18(2)8-7-9-19(3)22-10-11-23-21-16-25(31-6)28(29)17-20(30)12-15-27(28,5)24(21)13-14-26(22,23)4/h18-25H,7-17H2,1-6H3/t19-,20?,21+,22-,23+,24+,25?,26-,27-,28?/m1/s1. The molecule has 0 saturated heterocycles. The van der Waals surface area contributed by atoms with Crippen molar-refractivity contribution in [2.75, 3.05) is 7.11 Å². The van der Waals surface area contributed by atoms with Crippen LogP contribution in [0, 0.1) is 46.3 Å². The zero-order valence-corrected chi connectivity index (χ0v) is 23.4.